The van der Waals surface area contributed by atoms with Crippen molar-refractivity contribution < 1.29 is 8.42 Å². The Hall–Kier alpha value is -1.15. The number of aromatic amines is 1. The molecule has 0 spiro atoms. The van der Waals surface area contributed by atoms with Crippen LogP contribution in [0, 0.1) is 0 Å². The normalized spacial score (nSPS) is 11.7. The van der Waals surface area contributed by atoms with Gasteiger partial charge in [0.2, 0.25) is 10.0 Å². The molecule has 2 N–H and O–H groups in total. The van der Waals surface area contributed by atoms with Gasteiger partial charge in [-0.15, -0.1) is 11.3 Å². The molecule has 0 bridgehead atoms. The number of H-pyrrole nitrogens is 1. The second-order valence-corrected chi connectivity index (χ2v) is 7.49. The zero-order valence-corrected chi connectivity index (χ0v) is 13.0. The maximum Gasteiger partial charge on any atom is 0.266 e. The number of halogens is 1. The third-order valence-corrected chi connectivity index (χ3v) is 5.53. The van der Waals surface area contributed by atoms with E-state index in [1.165, 1.54) is 4.88 Å². The molecule has 2 aromatic rings. The van der Waals surface area contributed by atoms with Crippen molar-refractivity contribution in [3.05, 3.63) is 49.5 Å². The minimum atomic E-state index is -3.69. The van der Waals surface area contributed by atoms with E-state index in [1.807, 2.05) is 19.1 Å². The quantitative estimate of drug-likeness (QED) is 0.880. The number of aromatic nitrogens is 1. The van der Waals surface area contributed by atoms with Crippen LogP contribution in [0.1, 0.15) is 16.7 Å². The number of hydrogen-bond acceptors (Lipinski definition) is 4. The van der Waals surface area contributed by atoms with Gasteiger partial charge in [-0.2, -0.15) is 0 Å². The molecule has 0 aliphatic rings. The number of hydrogen-bond donors (Lipinski definition) is 2. The first kappa shape index (κ1) is 15.2. The van der Waals surface area contributed by atoms with Crippen molar-refractivity contribution in [1.29, 1.82) is 0 Å². The SMILES string of the molecule is CCc1ccc(CNS(=O)(=O)c2c[nH]c(=O)c(Cl)c2)s1. The van der Waals surface area contributed by atoms with Crippen molar-refractivity contribution in [3.8, 4) is 0 Å². The van der Waals surface area contributed by atoms with Gasteiger partial charge in [-0.05, 0) is 24.6 Å². The number of thiophene rings is 1. The van der Waals surface area contributed by atoms with Gasteiger partial charge in [0.05, 0.1) is 4.90 Å². The Labute approximate surface area is 125 Å². The Morgan fingerprint density at radius 1 is 1.35 bits per heavy atom. The average Bonchev–Trinajstić information content (AvgIpc) is 2.87. The first-order valence-electron chi connectivity index (χ1n) is 5.88. The molecular weight excluding hydrogens is 320 g/mol. The zero-order valence-electron chi connectivity index (χ0n) is 10.6. The van der Waals surface area contributed by atoms with E-state index in [-0.39, 0.29) is 16.5 Å². The molecule has 0 atom stereocenters. The van der Waals surface area contributed by atoms with E-state index < -0.39 is 15.6 Å². The van der Waals surface area contributed by atoms with E-state index in [4.69, 9.17) is 11.6 Å². The van der Waals surface area contributed by atoms with Crippen LogP contribution in [0.2, 0.25) is 5.02 Å². The maximum absolute atomic E-state index is 12.1. The number of nitrogens with one attached hydrogen (secondary N) is 2. The summed E-state index contributed by atoms with van der Waals surface area (Å²) >= 11 is 7.19. The van der Waals surface area contributed by atoms with Crippen LogP contribution >= 0.6 is 22.9 Å². The predicted molar refractivity (Wildman–Crippen MR) is 79.8 cm³/mol. The lowest BCUT2D eigenvalue weighted by Gasteiger charge is -2.05. The van der Waals surface area contributed by atoms with Crippen molar-refractivity contribution in [2.75, 3.05) is 0 Å². The third kappa shape index (κ3) is 3.49. The van der Waals surface area contributed by atoms with E-state index in [9.17, 15) is 13.2 Å². The van der Waals surface area contributed by atoms with Crippen LogP contribution in [0.3, 0.4) is 0 Å². The zero-order chi connectivity index (χ0) is 14.8. The molecule has 0 aliphatic carbocycles. The molecule has 20 heavy (non-hydrogen) atoms. The summed E-state index contributed by atoms with van der Waals surface area (Å²) in [7, 11) is -3.69. The Balaban J connectivity index is 2.14. The van der Waals surface area contributed by atoms with Gasteiger partial charge in [0.15, 0.2) is 0 Å². The fraction of sp³-hybridized carbons (Fsp3) is 0.250. The third-order valence-electron chi connectivity index (χ3n) is 2.64. The maximum atomic E-state index is 12.1. The molecule has 0 aliphatic heterocycles. The highest BCUT2D eigenvalue weighted by molar-refractivity contribution is 7.89. The van der Waals surface area contributed by atoms with Crippen LogP contribution in [0.5, 0.6) is 0 Å². The second-order valence-electron chi connectivity index (χ2n) is 4.06. The Bertz CT molecular complexity index is 765. The highest BCUT2D eigenvalue weighted by atomic mass is 35.5. The fourth-order valence-corrected chi connectivity index (χ4v) is 3.77. The van der Waals surface area contributed by atoms with Gasteiger partial charge in [-0.3, -0.25) is 4.79 Å². The van der Waals surface area contributed by atoms with Gasteiger partial charge < -0.3 is 4.98 Å². The first-order chi connectivity index (χ1) is 9.42. The fourth-order valence-electron chi connectivity index (χ4n) is 1.55. The van der Waals surface area contributed by atoms with Gasteiger partial charge >= 0.3 is 0 Å². The van der Waals surface area contributed by atoms with Crippen LogP contribution < -0.4 is 10.3 Å². The van der Waals surface area contributed by atoms with E-state index in [0.29, 0.717) is 0 Å². The van der Waals surface area contributed by atoms with Crippen molar-refractivity contribution in [1.82, 2.24) is 9.71 Å². The summed E-state index contributed by atoms with van der Waals surface area (Å²) in [4.78, 5) is 15.5. The lowest BCUT2D eigenvalue weighted by molar-refractivity contribution is 0.581. The van der Waals surface area contributed by atoms with Crippen molar-refractivity contribution in [2.24, 2.45) is 0 Å². The minimum absolute atomic E-state index is 0.0608. The van der Waals surface area contributed by atoms with Gasteiger partial charge in [0, 0.05) is 22.5 Å². The highest BCUT2D eigenvalue weighted by Crippen LogP contribution is 2.18. The van der Waals surface area contributed by atoms with E-state index >= 15 is 0 Å². The van der Waals surface area contributed by atoms with Gasteiger partial charge in [-0.1, -0.05) is 18.5 Å². The Morgan fingerprint density at radius 2 is 2.05 bits per heavy atom. The molecule has 0 saturated heterocycles. The number of rotatable bonds is 5. The van der Waals surface area contributed by atoms with Crippen LogP contribution in [0.4, 0.5) is 0 Å². The summed E-state index contributed by atoms with van der Waals surface area (Å²) in [6, 6.07) is 5.01. The smallest absolute Gasteiger partial charge is 0.266 e. The molecule has 5 nitrogen and oxygen atoms in total. The van der Waals surface area contributed by atoms with Crippen LogP contribution in [-0.2, 0) is 23.0 Å². The lowest BCUT2D eigenvalue weighted by atomic mass is 10.4. The highest BCUT2D eigenvalue weighted by Gasteiger charge is 2.15. The number of aryl methyl sites for hydroxylation is 1. The van der Waals surface area contributed by atoms with Gasteiger partial charge in [-0.25, -0.2) is 13.1 Å². The molecule has 0 radical (unpaired) electrons. The molecule has 2 aromatic heterocycles. The standard InChI is InChI=1S/C12H13ClN2O3S2/c1-2-8-3-4-9(19-8)6-15-20(17,18)10-5-11(13)12(16)14-7-10/h3-5,7,15H,2,6H2,1H3,(H,14,16). The largest absolute Gasteiger partial charge is 0.326 e. The van der Waals surface area contributed by atoms with Crippen molar-refractivity contribution in [2.45, 2.75) is 24.8 Å². The van der Waals surface area contributed by atoms with Gasteiger partial charge in [0.25, 0.3) is 5.56 Å². The Morgan fingerprint density at radius 3 is 2.65 bits per heavy atom. The van der Waals surface area contributed by atoms with E-state index in [0.717, 1.165) is 23.6 Å². The summed E-state index contributed by atoms with van der Waals surface area (Å²) in [5, 5.41) is -0.155. The lowest BCUT2D eigenvalue weighted by Crippen LogP contribution is -2.24. The molecule has 0 unspecified atom stereocenters. The molecule has 0 aromatic carbocycles. The molecule has 2 rings (SSSR count). The number of pyridine rings is 1. The van der Waals surface area contributed by atoms with Crippen LogP contribution in [0.15, 0.2) is 34.1 Å². The molecule has 8 heteroatoms. The Kier molecular flexibility index (Phi) is 4.64. The van der Waals surface area contributed by atoms with Crippen LogP contribution in [-0.4, -0.2) is 13.4 Å². The molecule has 0 saturated carbocycles. The average molecular weight is 333 g/mol. The van der Waals surface area contributed by atoms with Crippen LogP contribution in [0.25, 0.3) is 0 Å². The first-order valence-corrected chi connectivity index (χ1v) is 8.55. The topological polar surface area (TPSA) is 79.0 Å². The molecule has 108 valence electrons. The minimum Gasteiger partial charge on any atom is -0.326 e. The van der Waals surface area contributed by atoms with Gasteiger partial charge in [0.1, 0.15) is 5.02 Å². The van der Waals surface area contributed by atoms with Crippen molar-refractivity contribution in [3.63, 3.8) is 0 Å². The van der Waals surface area contributed by atoms with Crippen molar-refractivity contribution >= 4 is 33.0 Å². The molecule has 0 fully saturated rings. The molecular formula is C12H13ClN2O3S2. The van der Waals surface area contributed by atoms with E-state index in [2.05, 4.69) is 9.71 Å². The summed E-state index contributed by atoms with van der Waals surface area (Å²) in [6.45, 7) is 2.26. The summed E-state index contributed by atoms with van der Waals surface area (Å²) in [6.07, 6.45) is 2.05. The molecule has 0 amide bonds. The monoisotopic (exact) mass is 332 g/mol. The number of sulfonamides is 1. The summed E-state index contributed by atoms with van der Waals surface area (Å²) in [5.41, 5.74) is -0.517. The van der Waals surface area contributed by atoms with E-state index in [1.54, 1.807) is 11.3 Å². The predicted octanol–water partition coefficient (Wildman–Crippen LogP) is 2.13. The molecule has 2 heterocycles. The summed E-state index contributed by atoms with van der Waals surface area (Å²) < 4.78 is 26.6. The second kappa shape index (κ2) is 6.09. The summed E-state index contributed by atoms with van der Waals surface area (Å²) in [5.74, 6) is 0.